The SMILES string of the molecule is CC1CCCC1C(=O)NCC1CCCCC1O. The summed E-state index contributed by atoms with van der Waals surface area (Å²) >= 11 is 0. The molecule has 0 radical (unpaired) electrons. The minimum atomic E-state index is -0.204. The first-order valence-corrected chi connectivity index (χ1v) is 7.14. The van der Waals surface area contributed by atoms with Crippen molar-refractivity contribution >= 4 is 5.91 Å². The van der Waals surface area contributed by atoms with Crippen LogP contribution in [0.2, 0.25) is 0 Å². The summed E-state index contributed by atoms with van der Waals surface area (Å²) in [6, 6.07) is 0. The highest BCUT2D eigenvalue weighted by Gasteiger charge is 2.30. The zero-order chi connectivity index (χ0) is 12.3. The van der Waals surface area contributed by atoms with Crippen LogP contribution < -0.4 is 5.32 Å². The van der Waals surface area contributed by atoms with Crippen LogP contribution in [0.3, 0.4) is 0 Å². The fourth-order valence-corrected chi connectivity index (χ4v) is 3.32. The van der Waals surface area contributed by atoms with Gasteiger partial charge in [-0.15, -0.1) is 0 Å². The summed E-state index contributed by atoms with van der Waals surface area (Å²) in [4.78, 5) is 12.0. The Morgan fingerprint density at radius 1 is 1.18 bits per heavy atom. The maximum absolute atomic E-state index is 12.0. The molecule has 3 nitrogen and oxygen atoms in total. The smallest absolute Gasteiger partial charge is 0.223 e. The van der Waals surface area contributed by atoms with E-state index in [9.17, 15) is 9.90 Å². The number of rotatable bonds is 3. The van der Waals surface area contributed by atoms with Crippen molar-refractivity contribution in [1.82, 2.24) is 5.32 Å². The highest BCUT2D eigenvalue weighted by molar-refractivity contribution is 5.79. The van der Waals surface area contributed by atoms with E-state index in [4.69, 9.17) is 0 Å². The van der Waals surface area contributed by atoms with Gasteiger partial charge in [0.15, 0.2) is 0 Å². The lowest BCUT2D eigenvalue weighted by Gasteiger charge is -2.28. The molecule has 0 aromatic carbocycles. The van der Waals surface area contributed by atoms with E-state index in [-0.39, 0.29) is 23.8 Å². The van der Waals surface area contributed by atoms with E-state index in [1.54, 1.807) is 0 Å². The largest absolute Gasteiger partial charge is 0.393 e. The lowest BCUT2D eigenvalue weighted by Crippen LogP contribution is -2.39. The number of aliphatic hydroxyl groups is 1. The molecule has 0 aromatic heterocycles. The van der Waals surface area contributed by atoms with E-state index in [1.165, 1.54) is 19.3 Å². The molecule has 98 valence electrons. The maximum Gasteiger partial charge on any atom is 0.223 e. The van der Waals surface area contributed by atoms with E-state index in [0.29, 0.717) is 12.5 Å². The molecule has 2 saturated carbocycles. The highest BCUT2D eigenvalue weighted by Crippen LogP contribution is 2.31. The van der Waals surface area contributed by atoms with Crippen LogP contribution in [0.4, 0.5) is 0 Å². The molecule has 1 amide bonds. The van der Waals surface area contributed by atoms with Crippen molar-refractivity contribution < 1.29 is 9.90 Å². The molecular weight excluding hydrogens is 214 g/mol. The van der Waals surface area contributed by atoms with E-state index < -0.39 is 0 Å². The summed E-state index contributed by atoms with van der Waals surface area (Å²) in [6.45, 7) is 2.84. The summed E-state index contributed by atoms with van der Waals surface area (Å²) in [7, 11) is 0. The molecule has 0 spiro atoms. The van der Waals surface area contributed by atoms with Crippen molar-refractivity contribution in [1.29, 1.82) is 0 Å². The summed E-state index contributed by atoms with van der Waals surface area (Å²) in [5, 5.41) is 12.9. The molecule has 2 rings (SSSR count). The number of nitrogens with one attached hydrogen (secondary N) is 1. The van der Waals surface area contributed by atoms with Gasteiger partial charge in [-0.1, -0.05) is 26.2 Å². The van der Waals surface area contributed by atoms with Crippen LogP contribution >= 0.6 is 0 Å². The van der Waals surface area contributed by atoms with Crippen LogP contribution in [0.25, 0.3) is 0 Å². The van der Waals surface area contributed by atoms with Gasteiger partial charge in [-0.25, -0.2) is 0 Å². The molecule has 2 N–H and O–H groups in total. The third-order valence-electron chi connectivity index (χ3n) is 4.61. The minimum absolute atomic E-state index is 0.204. The fraction of sp³-hybridized carbons (Fsp3) is 0.929. The average Bonchev–Trinajstić information content (AvgIpc) is 2.74. The van der Waals surface area contributed by atoms with Gasteiger partial charge >= 0.3 is 0 Å². The van der Waals surface area contributed by atoms with E-state index in [0.717, 1.165) is 25.7 Å². The number of carbonyl (C=O) groups excluding carboxylic acids is 1. The quantitative estimate of drug-likeness (QED) is 0.792. The van der Waals surface area contributed by atoms with Crippen molar-refractivity contribution in [3.05, 3.63) is 0 Å². The average molecular weight is 239 g/mol. The van der Waals surface area contributed by atoms with Gasteiger partial charge in [0.1, 0.15) is 0 Å². The van der Waals surface area contributed by atoms with Gasteiger partial charge in [-0.3, -0.25) is 4.79 Å². The van der Waals surface area contributed by atoms with Crippen LogP contribution in [0.1, 0.15) is 51.9 Å². The van der Waals surface area contributed by atoms with Gasteiger partial charge in [0.2, 0.25) is 5.91 Å². The van der Waals surface area contributed by atoms with Gasteiger partial charge in [0, 0.05) is 18.4 Å². The Kier molecular flexibility index (Phi) is 4.43. The van der Waals surface area contributed by atoms with Gasteiger partial charge in [0.25, 0.3) is 0 Å². The molecule has 0 aromatic rings. The molecule has 0 heterocycles. The normalized spacial score (nSPS) is 38.0. The standard InChI is InChI=1S/C14H25NO2/c1-10-5-4-7-12(10)14(17)15-9-11-6-2-3-8-13(11)16/h10-13,16H,2-9H2,1H3,(H,15,17). The molecule has 2 aliphatic rings. The Morgan fingerprint density at radius 2 is 1.94 bits per heavy atom. The number of amides is 1. The first-order chi connectivity index (χ1) is 8.18. The van der Waals surface area contributed by atoms with E-state index in [1.807, 2.05) is 0 Å². The molecule has 0 aliphatic heterocycles. The van der Waals surface area contributed by atoms with Crippen molar-refractivity contribution in [2.75, 3.05) is 6.54 Å². The second-order valence-electron chi connectivity index (χ2n) is 5.87. The number of hydrogen-bond donors (Lipinski definition) is 2. The third-order valence-corrected chi connectivity index (χ3v) is 4.61. The number of hydrogen-bond acceptors (Lipinski definition) is 2. The second kappa shape index (κ2) is 5.85. The Hall–Kier alpha value is -0.570. The van der Waals surface area contributed by atoms with E-state index >= 15 is 0 Å². The second-order valence-corrected chi connectivity index (χ2v) is 5.87. The molecule has 3 heteroatoms. The summed E-state index contributed by atoms with van der Waals surface area (Å²) in [6.07, 6.45) is 7.49. The molecule has 2 fully saturated rings. The molecule has 2 aliphatic carbocycles. The molecular formula is C14H25NO2. The molecule has 0 saturated heterocycles. The molecule has 0 bridgehead atoms. The topological polar surface area (TPSA) is 49.3 Å². The fourth-order valence-electron chi connectivity index (χ4n) is 3.32. The first-order valence-electron chi connectivity index (χ1n) is 7.14. The maximum atomic E-state index is 12.0. The van der Waals surface area contributed by atoms with Crippen LogP contribution in [0.5, 0.6) is 0 Å². The van der Waals surface area contributed by atoms with Crippen LogP contribution in [0.15, 0.2) is 0 Å². The van der Waals surface area contributed by atoms with Gasteiger partial charge in [-0.05, 0) is 31.6 Å². The Balaban J connectivity index is 1.75. The number of aliphatic hydroxyl groups excluding tert-OH is 1. The zero-order valence-electron chi connectivity index (χ0n) is 10.8. The van der Waals surface area contributed by atoms with Crippen molar-refractivity contribution in [2.45, 2.75) is 58.0 Å². The van der Waals surface area contributed by atoms with Gasteiger partial charge in [0.05, 0.1) is 6.10 Å². The predicted molar refractivity (Wildman–Crippen MR) is 67.5 cm³/mol. The first kappa shape index (κ1) is 12.9. The monoisotopic (exact) mass is 239 g/mol. The lowest BCUT2D eigenvalue weighted by molar-refractivity contribution is -0.126. The van der Waals surface area contributed by atoms with Gasteiger partial charge < -0.3 is 10.4 Å². The van der Waals surface area contributed by atoms with Crippen molar-refractivity contribution in [2.24, 2.45) is 17.8 Å². The highest BCUT2D eigenvalue weighted by atomic mass is 16.3. The minimum Gasteiger partial charge on any atom is -0.393 e. The van der Waals surface area contributed by atoms with Crippen LogP contribution in [-0.4, -0.2) is 23.7 Å². The van der Waals surface area contributed by atoms with E-state index in [2.05, 4.69) is 12.2 Å². The summed E-state index contributed by atoms with van der Waals surface area (Å²) in [5.74, 6) is 1.25. The van der Waals surface area contributed by atoms with Crippen LogP contribution in [-0.2, 0) is 4.79 Å². The van der Waals surface area contributed by atoms with Crippen LogP contribution in [0, 0.1) is 17.8 Å². The Morgan fingerprint density at radius 3 is 2.59 bits per heavy atom. The molecule has 4 atom stereocenters. The van der Waals surface area contributed by atoms with Crippen molar-refractivity contribution in [3.63, 3.8) is 0 Å². The molecule has 4 unspecified atom stereocenters. The summed E-state index contributed by atoms with van der Waals surface area (Å²) < 4.78 is 0. The predicted octanol–water partition coefficient (Wildman–Crippen LogP) is 2.09. The number of carbonyl (C=O) groups is 1. The third kappa shape index (κ3) is 3.21. The molecule has 17 heavy (non-hydrogen) atoms. The van der Waals surface area contributed by atoms with Gasteiger partial charge in [-0.2, -0.15) is 0 Å². The Labute approximate surface area is 104 Å². The lowest BCUT2D eigenvalue weighted by atomic mass is 9.86. The Bertz CT molecular complexity index is 267. The zero-order valence-corrected chi connectivity index (χ0v) is 10.8. The van der Waals surface area contributed by atoms with Crippen molar-refractivity contribution in [3.8, 4) is 0 Å². The summed E-state index contributed by atoms with van der Waals surface area (Å²) in [5.41, 5.74) is 0.